The molecule has 0 bridgehead atoms. The molecule has 3 heterocycles. The maximum absolute atomic E-state index is 12.2. The predicted octanol–water partition coefficient (Wildman–Crippen LogP) is 6.07. The molecule has 2 saturated heterocycles. The summed E-state index contributed by atoms with van der Waals surface area (Å²) in [6.45, 7) is 9.12. The number of ether oxygens (including phenoxy) is 1. The van der Waals surface area contributed by atoms with Gasteiger partial charge in [-0.15, -0.1) is 0 Å². The van der Waals surface area contributed by atoms with Crippen LogP contribution in [0.25, 0.3) is 0 Å². The Morgan fingerprint density at radius 3 is 2.17 bits per heavy atom. The molecule has 0 atom stereocenters. The second-order valence-corrected chi connectivity index (χ2v) is 8.98. The summed E-state index contributed by atoms with van der Waals surface area (Å²) in [6, 6.07) is 7.12. The minimum atomic E-state index is 0. The average Bonchev–Trinajstić information content (AvgIpc) is 3.51. The van der Waals surface area contributed by atoms with Crippen molar-refractivity contribution in [3.8, 4) is 11.5 Å². The molecule has 0 spiro atoms. The Kier molecular flexibility index (Phi) is 17.1. The summed E-state index contributed by atoms with van der Waals surface area (Å²) in [5, 5.41) is 4.08. The third kappa shape index (κ3) is 12.4. The number of aryl methyl sites for hydroxylation is 1. The van der Waals surface area contributed by atoms with Gasteiger partial charge in [0.25, 0.3) is 0 Å². The molecule has 1 N–H and O–H groups in total. The van der Waals surface area contributed by atoms with Gasteiger partial charge in [0.05, 0.1) is 17.1 Å². The van der Waals surface area contributed by atoms with Gasteiger partial charge in [0, 0.05) is 46.4 Å². The van der Waals surface area contributed by atoms with E-state index in [1.165, 1.54) is 39.8 Å². The number of aromatic nitrogens is 1. The molecule has 0 radical (unpaired) electrons. The Morgan fingerprint density at radius 2 is 1.63 bits per heavy atom. The minimum Gasteiger partial charge on any atom is -0.456 e. The molecule has 198 valence electrons. The van der Waals surface area contributed by atoms with Crippen LogP contribution in [0.4, 0.5) is 0 Å². The number of carbonyl (C=O) groups excluding carboxylic acids is 2. The van der Waals surface area contributed by atoms with Gasteiger partial charge in [-0.05, 0) is 77.2 Å². The van der Waals surface area contributed by atoms with E-state index in [0.29, 0.717) is 27.2 Å². The van der Waals surface area contributed by atoms with E-state index in [1.54, 1.807) is 24.4 Å². The SMILES string of the molecule is C1CCNC1.CC(C)=O.Cc1ccc(Oc2ccnc(CC(=O)N3CCCC3)c2)c(Cl)c1Cl.[CH3-].[Pt]. The van der Waals surface area contributed by atoms with Crippen LogP contribution in [0.1, 0.15) is 50.8 Å². The summed E-state index contributed by atoms with van der Waals surface area (Å²) in [6.07, 6.45) is 6.84. The van der Waals surface area contributed by atoms with Crippen LogP contribution in [0, 0.1) is 14.4 Å². The first kappa shape index (κ1) is 33.5. The van der Waals surface area contributed by atoms with E-state index in [0.717, 1.165) is 31.5 Å². The van der Waals surface area contributed by atoms with Crippen molar-refractivity contribution in [3.63, 3.8) is 0 Å². The molecular formula is C26H36Cl2N3O3Pt-. The van der Waals surface area contributed by atoms with Crippen molar-refractivity contribution >= 4 is 34.9 Å². The van der Waals surface area contributed by atoms with E-state index in [2.05, 4.69) is 10.3 Å². The van der Waals surface area contributed by atoms with Gasteiger partial charge in [-0.3, -0.25) is 9.78 Å². The molecule has 0 aliphatic carbocycles. The first-order valence-electron chi connectivity index (χ1n) is 11.3. The van der Waals surface area contributed by atoms with Gasteiger partial charge >= 0.3 is 0 Å². The molecule has 2 aliphatic rings. The molecule has 6 nitrogen and oxygen atoms in total. The summed E-state index contributed by atoms with van der Waals surface area (Å²) >= 11 is 12.4. The van der Waals surface area contributed by atoms with E-state index in [-0.39, 0.29) is 46.6 Å². The van der Waals surface area contributed by atoms with Crippen molar-refractivity contribution in [2.45, 2.75) is 52.9 Å². The van der Waals surface area contributed by atoms with Crippen LogP contribution in [0.5, 0.6) is 11.5 Å². The Labute approximate surface area is 234 Å². The number of amides is 1. The van der Waals surface area contributed by atoms with Crippen LogP contribution in [-0.4, -0.2) is 47.8 Å². The Balaban J connectivity index is 0.000000893. The number of hydrogen-bond acceptors (Lipinski definition) is 5. The number of Topliss-reactive ketones (excluding diaryl/α,β-unsaturated/α-hetero) is 1. The van der Waals surface area contributed by atoms with E-state index < -0.39 is 0 Å². The van der Waals surface area contributed by atoms with Crippen LogP contribution in [-0.2, 0) is 37.1 Å². The first-order chi connectivity index (χ1) is 15.8. The van der Waals surface area contributed by atoms with Gasteiger partial charge in [-0.1, -0.05) is 29.3 Å². The third-order valence-electron chi connectivity index (χ3n) is 5.00. The van der Waals surface area contributed by atoms with Gasteiger partial charge in [-0.2, -0.15) is 0 Å². The van der Waals surface area contributed by atoms with Gasteiger partial charge in [0.15, 0.2) is 0 Å². The van der Waals surface area contributed by atoms with Crippen molar-refractivity contribution in [2.24, 2.45) is 0 Å². The largest absolute Gasteiger partial charge is 0.456 e. The summed E-state index contributed by atoms with van der Waals surface area (Å²) in [5.41, 5.74) is 1.57. The Hall–Kier alpha value is -1.46. The Bertz CT molecular complexity index is 922. The van der Waals surface area contributed by atoms with Crippen molar-refractivity contribution in [3.05, 3.63) is 59.2 Å². The maximum Gasteiger partial charge on any atom is 0.228 e. The van der Waals surface area contributed by atoms with Crippen molar-refractivity contribution in [1.82, 2.24) is 15.2 Å². The Morgan fingerprint density at radius 1 is 1.03 bits per heavy atom. The fraction of sp³-hybridized carbons (Fsp3) is 0.462. The fourth-order valence-electron chi connectivity index (χ4n) is 3.31. The first-order valence-corrected chi connectivity index (χ1v) is 12.1. The molecule has 1 amide bonds. The molecule has 2 fully saturated rings. The number of carbonyl (C=O) groups is 2. The van der Waals surface area contributed by atoms with E-state index in [1.807, 2.05) is 17.9 Å². The van der Waals surface area contributed by atoms with E-state index in [9.17, 15) is 9.59 Å². The topological polar surface area (TPSA) is 71.5 Å². The summed E-state index contributed by atoms with van der Waals surface area (Å²) < 4.78 is 5.81. The van der Waals surface area contributed by atoms with Crippen molar-refractivity contribution < 1.29 is 35.4 Å². The van der Waals surface area contributed by atoms with Gasteiger partial charge < -0.3 is 27.2 Å². The second kappa shape index (κ2) is 17.9. The third-order valence-corrected chi connectivity index (χ3v) is 5.96. The number of ketones is 1. The van der Waals surface area contributed by atoms with E-state index in [4.69, 9.17) is 27.9 Å². The van der Waals surface area contributed by atoms with Crippen molar-refractivity contribution in [2.75, 3.05) is 26.2 Å². The quantitative estimate of drug-likeness (QED) is 0.392. The van der Waals surface area contributed by atoms with E-state index >= 15 is 0 Å². The molecule has 1 aromatic heterocycles. The van der Waals surface area contributed by atoms with Crippen LogP contribution < -0.4 is 10.1 Å². The average molecular weight is 705 g/mol. The number of halogens is 2. The summed E-state index contributed by atoms with van der Waals surface area (Å²) in [5.74, 6) is 1.33. The molecule has 2 aliphatic heterocycles. The van der Waals surface area contributed by atoms with Gasteiger partial charge in [0.1, 0.15) is 22.3 Å². The number of hydrogen-bond donors (Lipinski definition) is 1. The van der Waals surface area contributed by atoms with Gasteiger partial charge in [0.2, 0.25) is 5.91 Å². The zero-order valence-electron chi connectivity index (χ0n) is 20.9. The molecule has 1 aromatic carbocycles. The number of nitrogens with one attached hydrogen (secondary N) is 1. The number of benzene rings is 1. The fourth-order valence-corrected chi connectivity index (χ4v) is 3.72. The maximum atomic E-state index is 12.2. The predicted molar refractivity (Wildman–Crippen MR) is 140 cm³/mol. The molecule has 0 saturated carbocycles. The zero-order chi connectivity index (χ0) is 24.2. The van der Waals surface area contributed by atoms with Gasteiger partial charge in [-0.25, -0.2) is 0 Å². The second-order valence-electron chi connectivity index (χ2n) is 8.22. The molecule has 0 unspecified atom stereocenters. The molecule has 4 rings (SSSR count). The molecule has 2 aromatic rings. The standard InChI is InChI=1S/C18H18Cl2N2O2.C4H9N.C3H6O.CH3.Pt/c1-12-4-5-15(18(20)17(12)19)24-14-6-7-21-13(10-14)11-16(23)22-8-2-3-9-22;1-2-4-5-3-1;1-3(2)4;;/h4-7,10H,2-3,8-9,11H2,1H3;5H,1-4H2;1-2H3;1H3;/q;;;-1;. The minimum absolute atomic E-state index is 0. The monoisotopic (exact) mass is 703 g/mol. The number of rotatable bonds is 4. The zero-order valence-corrected chi connectivity index (χ0v) is 24.7. The number of nitrogens with zero attached hydrogens (tertiary/aromatic N) is 2. The van der Waals surface area contributed by atoms with Crippen molar-refractivity contribution in [1.29, 1.82) is 0 Å². The summed E-state index contributed by atoms with van der Waals surface area (Å²) in [4.78, 5) is 27.8. The normalized spacial score (nSPS) is 13.8. The summed E-state index contributed by atoms with van der Waals surface area (Å²) in [7, 11) is 0. The number of likely N-dealkylation sites (tertiary alicyclic amines) is 1. The number of pyridine rings is 1. The molecule has 9 heteroatoms. The van der Waals surface area contributed by atoms with Crippen LogP contribution in [0.2, 0.25) is 10.0 Å². The van der Waals surface area contributed by atoms with Crippen LogP contribution in [0.3, 0.4) is 0 Å². The smallest absolute Gasteiger partial charge is 0.228 e. The van der Waals surface area contributed by atoms with Crippen LogP contribution in [0.15, 0.2) is 30.5 Å². The molecule has 35 heavy (non-hydrogen) atoms. The molecular weight excluding hydrogens is 668 g/mol. The van der Waals surface area contributed by atoms with Crippen LogP contribution >= 0.6 is 23.2 Å².